The number of fused-ring (bicyclic) bond motifs is 5. The summed E-state index contributed by atoms with van der Waals surface area (Å²) in [6, 6.07) is 0.613. The van der Waals surface area contributed by atoms with Gasteiger partial charge in [-0.15, -0.1) is 0 Å². The van der Waals surface area contributed by atoms with Crippen LogP contribution in [-0.4, -0.2) is 37.4 Å². The van der Waals surface area contributed by atoms with Gasteiger partial charge in [-0.2, -0.15) is 0 Å². The lowest BCUT2D eigenvalue weighted by atomic mass is 9.44. The normalized spacial score (nSPS) is 45.3. The van der Waals surface area contributed by atoms with Gasteiger partial charge in [-0.25, -0.2) is 0 Å². The van der Waals surface area contributed by atoms with Gasteiger partial charge in [0.25, 0.3) is 0 Å². The molecule has 0 radical (unpaired) electrons. The fourth-order valence-electron chi connectivity index (χ4n) is 9.34. The van der Waals surface area contributed by atoms with Crippen LogP contribution in [0.2, 0.25) is 0 Å². The minimum absolute atomic E-state index is 0.0504. The lowest BCUT2D eigenvalue weighted by Crippen LogP contribution is -2.55. The zero-order chi connectivity index (χ0) is 22.2. The summed E-state index contributed by atoms with van der Waals surface area (Å²) in [6.45, 7) is 8.65. The van der Waals surface area contributed by atoms with Crippen molar-refractivity contribution in [2.75, 3.05) is 20.3 Å². The van der Waals surface area contributed by atoms with E-state index in [-0.39, 0.29) is 12.6 Å². The Balaban J connectivity index is 1.43. The van der Waals surface area contributed by atoms with E-state index in [1.807, 2.05) is 0 Å². The van der Waals surface area contributed by atoms with E-state index in [0.29, 0.717) is 29.2 Å². The molecule has 4 aliphatic carbocycles. The Morgan fingerprint density at radius 2 is 1.81 bits per heavy atom. The fourth-order valence-corrected chi connectivity index (χ4v) is 9.34. The zero-order valence-electron chi connectivity index (χ0n) is 20.5. The van der Waals surface area contributed by atoms with Crippen LogP contribution in [0.4, 0.5) is 0 Å². The molecule has 0 aromatic heterocycles. The molecule has 0 spiro atoms. The summed E-state index contributed by atoms with van der Waals surface area (Å²) in [6.07, 6.45) is 13.9. The van der Waals surface area contributed by atoms with E-state index in [1.54, 1.807) is 0 Å². The second-order valence-corrected chi connectivity index (χ2v) is 12.1. The van der Waals surface area contributed by atoms with Crippen molar-refractivity contribution >= 4 is 5.97 Å². The van der Waals surface area contributed by atoms with E-state index in [0.717, 1.165) is 42.6 Å². The van der Waals surface area contributed by atoms with E-state index >= 15 is 0 Å². The van der Waals surface area contributed by atoms with Gasteiger partial charge in [-0.1, -0.05) is 20.8 Å². The number of aliphatic hydroxyl groups is 1. The Kier molecular flexibility index (Phi) is 7.09. The summed E-state index contributed by atoms with van der Waals surface area (Å²) in [5, 5.41) is 12.8. The number of ether oxygens (including phenoxy) is 1. The van der Waals surface area contributed by atoms with Crippen molar-refractivity contribution in [2.24, 2.45) is 46.3 Å². The van der Waals surface area contributed by atoms with Gasteiger partial charge < -0.3 is 15.2 Å². The number of aliphatic hydroxyl groups excluding tert-OH is 1. The molecular weight excluding hydrogens is 386 g/mol. The SMILES string of the molecule is COC(=O)CC[C@@H](C)C1CCC2C3CC[C@@H]4C[C@H](NCCO)CC[C@]4(C)C3CC[C@@]21C. The Morgan fingerprint density at radius 3 is 2.55 bits per heavy atom. The van der Waals surface area contributed by atoms with Gasteiger partial charge in [0.15, 0.2) is 0 Å². The Hall–Kier alpha value is -0.610. The van der Waals surface area contributed by atoms with E-state index < -0.39 is 0 Å². The molecule has 0 saturated heterocycles. The predicted molar refractivity (Wildman–Crippen MR) is 125 cm³/mol. The lowest BCUT2D eigenvalue weighted by Gasteiger charge is -2.61. The second kappa shape index (κ2) is 9.33. The molecule has 0 heterocycles. The molecule has 4 saturated carbocycles. The largest absolute Gasteiger partial charge is 0.469 e. The number of carbonyl (C=O) groups is 1. The van der Waals surface area contributed by atoms with E-state index in [4.69, 9.17) is 4.74 Å². The van der Waals surface area contributed by atoms with Crippen molar-refractivity contribution in [1.82, 2.24) is 5.32 Å². The molecule has 0 aliphatic heterocycles. The van der Waals surface area contributed by atoms with Crippen LogP contribution < -0.4 is 5.32 Å². The maximum atomic E-state index is 11.7. The van der Waals surface area contributed by atoms with E-state index in [9.17, 15) is 9.90 Å². The van der Waals surface area contributed by atoms with Crippen molar-refractivity contribution in [2.45, 2.75) is 97.4 Å². The first-order valence-corrected chi connectivity index (χ1v) is 13.2. The van der Waals surface area contributed by atoms with Crippen molar-refractivity contribution in [1.29, 1.82) is 0 Å². The molecule has 0 amide bonds. The maximum absolute atomic E-state index is 11.7. The number of carbonyl (C=O) groups excluding carboxylic acids is 1. The molecular formula is C27H47NO3. The number of rotatable bonds is 7. The minimum atomic E-state index is -0.0504. The van der Waals surface area contributed by atoms with Crippen LogP contribution in [0.15, 0.2) is 0 Å². The number of esters is 1. The molecule has 31 heavy (non-hydrogen) atoms. The molecule has 4 heteroatoms. The monoisotopic (exact) mass is 433 g/mol. The molecule has 9 atom stereocenters. The number of hydrogen-bond donors (Lipinski definition) is 2. The Morgan fingerprint density at radius 1 is 1.06 bits per heavy atom. The number of nitrogens with one attached hydrogen (secondary N) is 1. The van der Waals surface area contributed by atoms with Gasteiger partial charge in [-0.05, 0) is 111 Å². The lowest BCUT2D eigenvalue weighted by molar-refractivity contribution is -0.141. The smallest absolute Gasteiger partial charge is 0.305 e. The van der Waals surface area contributed by atoms with Crippen molar-refractivity contribution in [3.05, 3.63) is 0 Å². The minimum Gasteiger partial charge on any atom is -0.469 e. The molecule has 4 rings (SSSR count). The molecule has 0 bridgehead atoms. The van der Waals surface area contributed by atoms with Gasteiger partial charge in [0.2, 0.25) is 0 Å². The predicted octanol–water partition coefficient (Wildman–Crippen LogP) is 5.19. The summed E-state index contributed by atoms with van der Waals surface area (Å²) in [7, 11) is 1.51. The van der Waals surface area contributed by atoms with Gasteiger partial charge in [-0.3, -0.25) is 4.79 Å². The second-order valence-electron chi connectivity index (χ2n) is 12.1. The summed E-state index contributed by atoms with van der Waals surface area (Å²) >= 11 is 0. The summed E-state index contributed by atoms with van der Waals surface area (Å²) in [5.41, 5.74) is 0.996. The topological polar surface area (TPSA) is 58.6 Å². The van der Waals surface area contributed by atoms with Crippen LogP contribution in [0, 0.1) is 46.3 Å². The Labute approximate surface area is 190 Å². The van der Waals surface area contributed by atoms with Crippen LogP contribution in [0.5, 0.6) is 0 Å². The fraction of sp³-hybridized carbons (Fsp3) is 0.963. The van der Waals surface area contributed by atoms with E-state index in [1.165, 1.54) is 64.9 Å². The average Bonchev–Trinajstić information content (AvgIpc) is 3.13. The van der Waals surface area contributed by atoms with Crippen LogP contribution in [-0.2, 0) is 9.53 Å². The summed E-state index contributed by atoms with van der Waals surface area (Å²) in [5.74, 6) is 4.91. The highest BCUT2D eigenvalue weighted by Crippen LogP contribution is 2.68. The average molecular weight is 434 g/mol. The number of methoxy groups -OCH3 is 1. The first-order valence-electron chi connectivity index (χ1n) is 13.2. The van der Waals surface area contributed by atoms with Gasteiger partial charge in [0, 0.05) is 19.0 Å². The molecule has 4 nitrogen and oxygen atoms in total. The molecule has 178 valence electrons. The summed E-state index contributed by atoms with van der Waals surface area (Å²) in [4.78, 5) is 11.7. The first kappa shape index (κ1) is 23.5. The maximum Gasteiger partial charge on any atom is 0.305 e. The standard InChI is InChI=1S/C27H47NO3/c1-18(5-10-25(30)31-4)22-8-9-23-21-7-6-19-17-20(28-15-16-29)11-13-26(19,2)24(21)12-14-27(22,23)3/h18-24,28-29H,5-17H2,1-4H3/t18-,19-,20-,21?,22?,23?,24?,26+,27-/m1/s1. The van der Waals surface area contributed by atoms with Gasteiger partial charge in [0.05, 0.1) is 13.7 Å². The Bertz CT molecular complexity index is 638. The zero-order valence-corrected chi connectivity index (χ0v) is 20.5. The first-order chi connectivity index (χ1) is 14.8. The number of hydrogen-bond acceptors (Lipinski definition) is 4. The third-order valence-corrected chi connectivity index (χ3v) is 11.0. The third-order valence-electron chi connectivity index (χ3n) is 11.0. The molecule has 4 aliphatic rings. The van der Waals surface area contributed by atoms with Crippen LogP contribution in [0.25, 0.3) is 0 Å². The van der Waals surface area contributed by atoms with Crippen LogP contribution >= 0.6 is 0 Å². The summed E-state index contributed by atoms with van der Waals surface area (Å²) < 4.78 is 4.90. The van der Waals surface area contributed by atoms with Gasteiger partial charge in [0.1, 0.15) is 0 Å². The van der Waals surface area contributed by atoms with Crippen molar-refractivity contribution in [3.63, 3.8) is 0 Å². The molecule has 2 N–H and O–H groups in total. The van der Waals surface area contributed by atoms with Crippen LogP contribution in [0.1, 0.15) is 91.4 Å². The highest BCUT2D eigenvalue weighted by molar-refractivity contribution is 5.69. The van der Waals surface area contributed by atoms with Crippen LogP contribution in [0.3, 0.4) is 0 Å². The van der Waals surface area contributed by atoms with E-state index in [2.05, 4.69) is 26.1 Å². The molecule has 4 fully saturated rings. The molecule has 4 unspecified atom stereocenters. The van der Waals surface area contributed by atoms with Crippen molar-refractivity contribution in [3.8, 4) is 0 Å². The van der Waals surface area contributed by atoms with Crippen molar-refractivity contribution < 1.29 is 14.6 Å². The quantitative estimate of drug-likeness (QED) is 0.543. The molecule has 0 aromatic carbocycles. The molecule has 0 aromatic rings. The highest BCUT2D eigenvalue weighted by atomic mass is 16.5. The third kappa shape index (κ3) is 4.21. The van der Waals surface area contributed by atoms with Gasteiger partial charge >= 0.3 is 5.97 Å². The highest BCUT2D eigenvalue weighted by Gasteiger charge is 2.60.